The van der Waals surface area contributed by atoms with E-state index in [-0.39, 0.29) is 22.9 Å². The molecule has 1 amide bonds. The number of nitrogens with one attached hydrogen (secondary N) is 3. The molecule has 166 valence electrons. The molecule has 0 radical (unpaired) electrons. The van der Waals surface area contributed by atoms with E-state index in [1.54, 1.807) is 18.2 Å². The molecule has 3 rings (SSSR count). The number of sulfonamides is 1. The van der Waals surface area contributed by atoms with Crippen LogP contribution in [-0.4, -0.2) is 26.7 Å². The summed E-state index contributed by atoms with van der Waals surface area (Å²) in [5.74, 6) is -0.0279. The summed E-state index contributed by atoms with van der Waals surface area (Å²) in [6.45, 7) is 0.399. The molecule has 0 saturated carbocycles. The Morgan fingerprint density at radius 1 is 1.03 bits per heavy atom. The van der Waals surface area contributed by atoms with E-state index in [9.17, 15) is 26.4 Å². The summed E-state index contributed by atoms with van der Waals surface area (Å²) < 4.78 is 64.5. The third kappa shape index (κ3) is 5.97. The van der Waals surface area contributed by atoms with Crippen molar-refractivity contribution in [1.82, 2.24) is 10.1 Å². The lowest BCUT2D eigenvalue weighted by atomic mass is 10.2. The fourth-order valence-electron chi connectivity index (χ4n) is 2.99. The van der Waals surface area contributed by atoms with Crippen LogP contribution in [0.25, 0.3) is 0 Å². The number of benzene rings is 2. The van der Waals surface area contributed by atoms with Gasteiger partial charge in [0.2, 0.25) is 5.91 Å². The van der Waals surface area contributed by atoms with Gasteiger partial charge < -0.3 is 0 Å². The number of amidine groups is 1. The largest absolute Gasteiger partial charge is 0.416 e. The molecule has 0 atom stereocenters. The maximum atomic E-state index is 12.7. The predicted octanol–water partition coefficient (Wildman–Crippen LogP) is 3.45. The fraction of sp³-hybridized carbons (Fsp3) is 0.300. The fourth-order valence-corrected chi connectivity index (χ4v) is 4.24. The third-order valence-electron chi connectivity index (χ3n) is 4.53. The van der Waals surface area contributed by atoms with Crippen LogP contribution in [-0.2, 0) is 21.0 Å². The Bertz CT molecular complexity index is 1090. The Hall–Kier alpha value is -3.08. The number of aliphatic imine (C=N–C) groups is 1. The number of carbonyl (C=O) groups is 1. The van der Waals surface area contributed by atoms with Crippen molar-refractivity contribution in [3.63, 3.8) is 0 Å². The van der Waals surface area contributed by atoms with Crippen molar-refractivity contribution >= 4 is 27.5 Å². The highest BCUT2D eigenvalue weighted by atomic mass is 32.2. The van der Waals surface area contributed by atoms with E-state index in [0.717, 1.165) is 12.1 Å². The number of halogens is 3. The van der Waals surface area contributed by atoms with Crippen molar-refractivity contribution in [3.8, 4) is 0 Å². The Morgan fingerprint density at radius 3 is 2.58 bits per heavy atom. The van der Waals surface area contributed by atoms with Crippen molar-refractivity contribution in [2.45, 2.75) is 36.8 Å². The molecular weight excluding hydrogens is 433 g/mol. The zero-order valence-electron chi connectivity index (χ0n) is 16.4. The van der Waals surface area contributed by atoms with Gasteiger partial charge in [-0.15, -0.1) is 0 Å². The summed E-state index contributed by atoms with van der Waals surface area (Å²) in [7, 11) is -3.56. The number of unbranched alkanes of at least 4 members (excludes halogenated alkanes) is 2. The van der Waals surface area contributed by atoms with Crippen molar-refractivity contribution < 1.29 is 26.4 Å². The van der Waals surface area contributed by atoms with Gasteiger partial charge >= 0.3 is 6.18 Å². The lowest BCUT2D eigenvalue weighted by molar-refractivity contribution is -0.137. The van der Waals surface area contributed by atoms with Crippen LogP contribution < -0.4 is 15.6 Å². The van der Waals surface area contributed by atoms with E-state index >= 15 is 0 Å². The van der Waals surface area contributed by atoms with Crippen LogP contribution in [0.1, 0.15) is 36.8 Å². The van der Waals surface area contributed by atoms with Crippen molar-refractivity contribution in [2.24, 2.45) is 4.99 Å². The van der Waals surface area contributed by atoms with Crippen molar-refractivity contribution in [1.29, 1.82) is 0 Å². The first-order valence-corrected chi connectivity index (χ1v) is 11.0. The molecule has 0 fully saturated rings. The first-order valence-electron chi connectivity index (χ1n) is 9.55. The second-order valence-electron chi connectivity index (χ2n) is 6.89. The highest BCUT2D eigenvalue weighted by molar-refractivity contribution is 7.90. The first kappa shape index (κ1) is 22.6. The average molecular weight is 454 g/mol. The molecule has 11 heteroatoms. The van der Waals surface area contributed by atoms with Crippen LogP contribution in [0.3, 0.4) is 0 Å². The highest BCUT2D eigenvalue weighted by Crippen LogP contribution is 2.30. The smallest absolute Gasteiger partial charge is 0.299 e. The SMILES string of the molecule is O=C(CCCCCN=C1NS(=O)(=O)c2ccccc21)NNc1cccc(C(F)(F)F)c1. The Balaban J connectivity index is 1.37. The van der Waals surface area contributed by atoms with Gasteiger partial charge in [-0.25, -0.2) is 8.42 Å². The molecule has 1 aliphatic heterocycles. The number of alkyl halides is 3. The minimum absolute atomic E-state index is 0.137. The van der Waals surface area contributed by atoms with Gasteiger partial charge in [0.05, 0.1) is 16.1 Å². The monoisotopic (exact) mass is 454 g/mol. The Kier molecular flexibility index (Phi) is 6.84. The topological polar surface area (TPSA) is 99.7 Å². The van der Waals surface area contributed by atoms with E-state index < -0.39 is 21.8 Å². The number of hydrogen-bond donors (Lipinski definition) is 3. The molecule has 1 aliphatic rings. The van der Waals surface area contributed by atoms with Crippen LogP contribution in [0.5, 0.6) is 0 Å². The number of rotatable bonds is 8. The van der Waals surface area contributed by atoms with E-state index in [2.05, 4.69) is 20.6 Å². The number of amides is 1. The number of hydrogen-bond acceptors (Lipinski definition) is 5. The summed E-state index contributed by atoms with van der Waals surface area (Å²) >= 11 is 0. The molecule has 2 aromatic carbocycles. The molecular formula is C20H21F3N4O3S. The number of carbonyl (C=O) groups excluding carboxylic acids is 1. The second kappa shape index (κ2) is 9.38. The van der Waals surface area contributed by atoms with Crippen LogP contribution in [0.2, 0.25) is 0 Å². The minimum atomic E-state index is -4.45. The van der Waals surface area contributed by atoms with E-state index in [1.807, 2.05) is 0 Å². The van der Waals surface area contributed by atoms with Crippen LogP contribution in [0.15, 0.2) is 58.4 Å². The zero-order valence-corrected chi connectivity index (χ0v) is 17.2. The van der Waals surface area contributed by atoms with E-state index in [4.69, 9.17) is 0 Å². The minimum Gasteiger partial charge on any atom is -0.299 e. The number of hydrazine groups is 1. The Morgan fingerprint density at radius 2 is 1.81 bits per heavy atom. The summed E-state index contributed by atoms with van der Waals surface area (Å²) in [5, 5.41) is 0. The predicted molar refractivity (Wildman–Crippen MR) is 110 cm³/mol. The number of anilines is 1. The summed E-state index contributed by atoms with van der Waals surface area (Å²) in [6.07, 6.45) is -2.36. The molecule has 2 aromatic rings. The third-order valence-corrected chi connectivity index (χ3v) is 5.93. The number of nitrogens with zero attached hydrogens (tertiary/aromatic N) is 1. The maximum Gasteiger partial charge on any atom is 0.416 e. The quantitative estimate of drug-likeness (QED) is 0.420. The average Bonchev–Trinajstić information content (AvgIpc) is 2.99. The van der Waals surface area contributed by atoms with Crippen LogP contribution >= 0.6 is 0 Å². The van der Waals surface area contributed by atoms with Gasteiger partial charge in [0.15, 0.2) is 0 Å². The summed E-state index contributed by atoms with van der Waals surface area (Å²) in [5.41, 5.74) is 4.73. The first-order chi connectivity index (χ1) is 14.7. The van der Waals surface area contributed by atoms with Gasteiger partial charge in [-0.05, 0) is 43.2 Å². The zero-order chi connectivity index (χ0) is 22.5. The van der Waals surface area contributed by atoms with Crippen molar-refractivity contribution in [3.05, 3.63) is 59.7 Å². The maximum absolute atomic E-state index is 12.7. The lowest BCUT2D eigenvalue weighted by Crippen LogP contribution is -2.29. The molecule has 0 bridgehead atoms. The van der Waals surface area contributed by atoms with Gasteiger partial charge in [0.25, 0.3) is 10.0 Å². The summed E-state index contributed by atoms with van der Waals surface area (Å²) in [6, 6.07) is 11.1. The van der Waals surface area contributed by atoms with Gasteiger partial charge in [-0.1, -0.05) is 24.6 Å². The van der Waals surface area contributed by atoms with Crippen molar-refractivity contribution in [2.75, 3.05) is 12.0 Å². The summed E-state index contributed by atoms with van der Waals surface area (Å²) in [4.78, 5) is 16.4. The van der Waals surface area contributed by atoms with Crippen LogP contribution in [0.4, 0.5) is 18.9 Å². The molecule has 0 aromatic heterocycles. The second-order valence-corrected chi connectivity index (χ2v) is 8.55. The molecule has 7 nitrogen and oxygen atoms in total. The van der Waals surface area contributed by atoms with Crippen LogP contribution in [0, 0.1) is 0 Å². The Labute approximate surface area is 177 Å². The molecule has 31 heavy (non-hydrogen) atoms. The molecule has 0 unspecified atom stereocenters. The molecule has 0 spiro atoms. The molecule has 3 N–H and O–H groups in total. The lowest BCUT2D eigenvalue weighted by Gasteiger charge is -2.11. The highest BCUT2D eigenvalue weighted by Gasteiger charge is 2.31. The van der Waals surface area contributed by atoms with Gasteiger partial charge in [-0.2, -0.15) is 13.2 Å². The molecule has 0 saturated heterocycles. The normalized spacial score (nSPS) is 15.9. The van der Waals surface area contributed by atoms with E-state index in [0.29, 0.717) is 37.2 Å². The molecule has 1 heterocycles. The molecule has 0 aliphatic carbocycles. The van der Waals surface area contributed by atoms with Gasteiger partial charge in [0, 0.05) is 18.5 Å². The van der Waals surface area contributed by atoms with Gasteiger partial charge in [-0.3, -0.25) is 25.4 Å². The standard InChI is InChI=1S/C20H21F3N4O3S/c21-20(22,23)14-7-6-8-15(13-14)25-26-18(28)11-2-1-5-12-24-19-16-9-3-4-10-17(16)31(29,30)27-19/h3-4,6-10,13,25H,1-2,5,11-12H2,(H,24,27)(H,26,28). The van der Waals surface area contributed by atoms with Gasteiger partial charge in [0.1, 0.15) is 5.84 Å². The van der Waals surface area contributed by atoms with E-state index in [1.165, 1.54) is 18.2 Å². The number of fused-ring (bicyclic) bond motifs is 1.